The van der Waals surface area contributed by atoms with Crippen molar-refractivity contribution in [3.8, 4) is 0 Å². The van der Waals surface area contributed by atoms with Gasteiger partial charge in [0.2, 0.25) is 11.8 Å². The number of nitrogens with one attached hydrogen (secondary N) is 1. The zero-order valence-corrected chi connectivity index (χ0v) is 15.5. The molecule has 0 saturated carbocycles. The molecule has 0 spiro atoms. The highest BCUT2D eigenvalue weighted by atomic mass is 35.5. The van der Waals surface area contributed by atoms with Crippen LogP contribution in [0.25, 0.3) is 0 Å². The molecule has 1 aromatic carbocycles. The predicted molar refractivity (Wildman–Crippen MR) is 97.6 cm³/mol. The zero-order chi connectivity index (χ0) is 17.0. The minimum atomic E-state index is -0.536. The van der Waals surface area contributed by atoms with Crippen LogP contribution in [0.1, 0.15) is 44.7 Å². The van der Waals surface area contributed by atoms with E-state index in [1.54, 1.807) is 0 Å². The Balaban J connectivity index is 0.00000288. The van der Waals surface area contributed by atoms with Gasteiger partial charge in [-0.3, -0.25) is 9.59 Å². The summed E-state index contributed by atoms with van der Waals surface area (Å²) in [5, 5.41) is 2.82. The molecule has 0 radical (unpaired) electrons. The van der Waals surface area contributed by atoms with Crippen LogP contribution in [0.5, 0.6) is 0 Å². The second kappa shape index (κ2) is 8.49. The number of hydrogen-bond donors (Lipinski definition) is 2. The lowest BCUT2D eigenvalue weighted by Gasteiger charge is -2.25. The third kappa shape index (κ3) is 5.21. The number of halogens is 1. The van der Waals surface area contributed by atoms with Gasteiger partial charge in [0.15, 0.2) is 0 Å². The first-order valence-electron chi connectivity index (χ1n) is 8.17. The Morgan fingerprint density at radius 2 is 1.75 bits per heavy atom. The number of fused-ring (bicyclic) bond motifs is 1. The molecule has 3 N–H and O–H groups in total. The van der Waals surface area contributed by atoms with Gasteiger partial charge in [-0.15, -0.1) is 12.4 Å². The average molecular weight is 354 g/mol. The van der Waals surface area contributed by atoms with Crippen molar-refractivity contribution in [2.45, 2.75) is 52.7 Å². The van der Waals surface area contributed by atoms with E-state index in [2.05, 4.69) is 17.4 Å². The molecule has 24 heavy (non-hydrogen) atoms. The second-order valence-corrected chi connectivity index (χ2v) is 7.26. The van der Waals surface area contributed by atoms with Crippen LogP contribution in [0.2, 0.25) is 0 Å². The van der Waals surface area contributed by atoms with Crippen LogP contribution in [0, 0.1) is 5.41 Å². The van der Waals surface area contributed by atoms with Crippen LogP contribution in [-0.2, 0) is 22.7 Å². The lowest BCUT2D eigenvalue weighted by molar-refractivity contribution is -0.132. The molecular formula is C18H28ClN3O2. The van der Waals surface area contributed by atoms with Crippen molar-refractivity contribution in [1.82, 2.24) is 10.2 Å². The van der Waals surface area contributed by atoms with E-state index >= 15 is 0 Å². The minimum Gasteiger partial charge on any atom is -0.355 e. The van der Waals surface area contributed by atoms with Crippen molar-refractivity contribution in [2.24, 2.45) is 11.1 Å². The smallest absolute Gasteiger partial charge is 0.237 e. The number of carbonyl (C=O) groups excluding carboxylic acids is 2. The highest BCUT2D eigenvalue weighted by molar-refractivity contribution is 5.85. The summed E-state index contributed by atoms with van der Waals surface area (Å²) < 4.78 is 0. The van der Waals surface area contributed by atoms with Gasteiger partial charge in [0, 0.05) is 26.1 Å². The van der Waals surface area contributed by atoms with Gasteiger partial charge < -0.3 is 16.0 Å². The summed E-state index contributed by atoms with van der Waals surface area (Å²) in [7, 11) is 0. The highest BCUT2D eigenvalue weighted by Crippen LogP contribution is 2.23. The summed E-state index contributed by atoms with van der Waals surface area (Å²) in [4.78, 5) is 26.0. The number of amides is 2. The van der Waals surface area contributed by atoms with Gasteiger partial charge in [0.25, 0.3) is 0 Å². The van der Waals surface area contributed by atoms with Crippen molar-refractivity contribution in [3.05, 3.63) is 35.4 Å². The Morgan fingerprint density at radius 3 is 2.25 bits per heavy atom. The maximum Gasteiger partial charge on any atom is 0.237 e. The van der Waals surface area contributed by atoms with Gasteiger partial charge in [-0.05, 0) is 23.0 Å². The molecule has 5 nitrogen and oxygen atoms in total. The summed E-state index contributed by atoms with van der Waals surface area (Å²) >= 11 is 0. The molecule has 6 heteroatoms. The number of benzene rings is 1. The summed E-state index contributed by atoms with van der Waals surface area (Å²) in [5.41, 5.74) is 8.09. The van der Waals surface area contributed by atoms with Crippen LogP contribution in [0.3, 0.4) is 0 Å². The number of hydrogen-bond acceptors (Lipinski definition) is 3. The lowest BCUT2D eigenvalue weighted by Crippen LogP contribution is -2.48. The van der Waals surface area contributed by atoms with E-state index in [4.69, 9.17) is 5.73 Å². The van der Waals surface area contributed by atoms with Crippen molar-refractivity contribution < 1.29 is 9.59 Å². The Bertz CT molecular complexity index is 559. The monoisotopic (exact) mass is 353 g/mol. The first-order valence-corrected chi connectivity index (χ1v) is 8.17. The molecule has 1 aliphatic rings. The van der Waals surface area contributed by atoms with E-state index in [0.717, 1.165) is 0 Å². The van der Waals surface area contributed by atoms with Crippen molar-refractivity contribution >= 4 is 24.2 Å². The molecular weight excluding hydrogens is 326 g/mol. The average Bonchev–Trinajstić information content (AvgIpc) is 2.93. The number of nitrogens with zero attached hydrogens (tertiary/aromatic N) is 1. The molecule has 2 rings (SSSR count). The number of nitrogens with two attached hydrogens (primary N) is 1. The molecule has 0 fully saturated rings. The SMILES string of the molecule is CC(C)(C)[C@H](N)C(=O)NCCCC(=O)N1Cc2ccccc2C1.Cl. The molecule has 1 aliphatic heterocycles. The van der Waals surface area contributed by atoms with E-state index in [9.17, 15) is 9.59 Å². The topological polar surface area (TPSA) is 75.4 Å². The predicted octanol–water partition coefficient (Wildman–Crippen LogP) is 2.22. The van der Waals surface area contributed by atoms with E-state index in [0.29, 0.717) is 32.5 Å². The Hall–Kier alpha value is -1.59. The summed E-state index contributed by atoms with van der Waals surface area (Å²) in [6.07, 6.45) is 1.08. The highest BCUT2D eigenvalue weighted by Gasteiger charge is 2.27. The lowest BCUT2D eigenvalue weighted by atomic mass is 9.87. The van der Waals surface area contributed by atoms with Crippen LogP contribution >= 0.6 is 12.4 Å². The van der Waals surface area contributed by atoms with Gasteiger partial charge in [0.1, 0.15) is 0 Å². The van der Waals surface area contributed by atoms with Gasteiger partial charge in [-0.2, -0.15) is 0 Å². The minimum absolute atomic E-state index is 0. The van der Waals surface area contributed by atoms with Crippen LogP contribution < -0.4 is 11.1 Å². The maximum absolute atomic E-state index is 12.2. The molecule has 134 valence electrons. The van der Waals surface area contributed by atoms with Crippen molar-refractivity contribution in [2.75, 3.05) is 6.54 Å². The van der Waals surface area contributed by atoms with Gasteiger partial charge in [-0.25, -0.2) is 0 Å². The fourth-order valence-corrected chi connectivity index (χ4v) is 2.62. The Labute approximate surface area is 150 Å². The first-order chi connectivity index (χ1) is 10.8. The van der Waals surface area contributed by atoms with Crippen molar-refractivity contribution in [3.63, 3.8) is 0 Å². The molecule has 0 aromatic heterocycles. The second-order valence-electron chi connectivity index (χ2n) is 7.26. The van der Waals surface area contributed by atoms with E-state index < -0.39 is 6.04 Å². The molecule has 1 atom stereocenters. The first kappa shape index (κ1) is 20.5. The van der Waals surface area contributed by atoms with E-state index in [-0.39, 0.29) is 29.6 Å². The van der Waals surface area contributed by atoms with Crippen LogP contribution in [-0.4, -0.2) is 29.3 Å². The van der Waals surface area contributed by atoms with Crippen LogP contribution in [0.4, 0.5) is 0 Å². The summed E-state index contributed by atoms with van der Waals surface area (Å²) in [6, 6.07) is 7.60. The molecule has 0 bridgehead atoms. The Morgan fingerprint density at radius 1 is 1.21 bits per heavy atom. The largest absolute Gasteiger partial charge is 0.355 e. The van der Waals surface area contributed by atoms with Crippen molar-refractivity contribution in [1.29, 1.82) is 0 Å². The van der Waals surface area contributed by atoms with Gasteiger partial charge >= 0.3 is 0 Å². The third-order valence-corrected chi connectivity index (χ3v) is 4.28. The summed E-state index contributed by atoms with van der Waals surface area (Å²) in [5.74, 6) is -0.0194. The molecule has 0 saturated heterocycles. The molecule has 1 aromatic rings. The molecule has 0 aliphatic carbocycles. The van der Waals surface area contributed by atoms with E-state index in [1.807, 2.05) is 37.8 Å². The summed E-state index contributed by atoms with van der Waals surface area (Å²) in [6.45, 7) is 7.67. The van der Waals surface area contributed by atoms with E-state index in [1.165, 1.54) is 11.1 Å². The zero-order valence-electron chi connectivity index (χ0n) is 14.7. The normalized spacial score (nSPS) is 14.6. The van der Waals surface area contributed by atoms with Gasteiger partial charge in [0.05, 0.1) is 6.04 Å². The standard InChI is InChI=1S/C18H27N3O2.ClH/c1-18(2,3)16(19)17(23)20-10-6-9-15(22)21-11-13-7-4-5-8-14(13)12-21;/h4-5,7-8,16H,6,9-12,19H2,1-3H3,(H,20,23);1H/t16-;/m1./s1. The quantitative estimate of drug-likeness (QED) is 0.797. The number of carbonyl (C=O) groups is 2. The van der Waals surface area contributed by atoms with Gasteiger partial charge in [-0.1, -0.05) is 45.0 Å². The Kier molecular flexibility index (Phi) is 7.24. The fourth-order valence-electron chi connectivity index (χ4n) is 2.62. The molecule has 2 amide bonds. The third-order valence-electron chi connectivity index (χ3n) is 4.28. The molecule has 0 unspecified atom stereocenters. The maximum atomic E-state index is 12.2. The number of rotatable bonds is 5. The fraction of sp³-hybridized carbons (Fsp3) is 0.556. The molecule has 1 heterocycles. The van der Waals surface area contributed by atoms with Crippen LogP contribution in [0.15, 0.2) is 24.3 Å².